The van der Waals surface area contributed by atoms with Crippen molar-refractivity contribution in [2.45, 2.75) is 39.7 Å². The van der Waals surface area contributed by atoms with Gasteiger partial charge in [-0.1, -0.05) is 20.8 Å². The van der Waals surface area contributed by atoms with E-state index in [2.05, 4.69) is 26.1 Å². The number of rotatable bonds is 2. The van der Waals surface area contributed by atoms with E-state index < -0.39 is 0 Å². The van der Waals surface area contributed by atoms with Gasteiger partial charge < -0.3 is 10.1 Å². The van der Waals surface area contributed by atoms with E-state index in [4.69, 9.17) is 4.74 Å². The van der Waals surface area contributed by atoms with Crippen molar-refractivity contribution in [2.24, 2.45) is 5.41 Å². The van der Waals surface area contributed by atoms with Gasteiger partial charge in [0.2, 0.25) is 5.91 Å². The van der Waals surface area contributed by atoms with Gasteiger partial charge in [-0.15, -0.1) is 0 Å². The summed E-state index contributed by atoms with van der Waals surface area (Å²) in [6.07, 6.45) is 1.69. The molecule has 0 spiro atoms. The molecule has 76 valence electrons. The molecule has 1 unspecified atom stereocenters. The summed E-state index contributed by atoms with van der Waals surface area (Å²) in [5.74, 6) is 0.0485. The number of ether oxygens (including phenoxy) is 1. The second-order valence-electron chi connectivity index (χ2n) is 4.78. The average molecular weight is 185 g/mol. The minimum Gasteiger partial charge on any atom is -0.368 e. The molecule has 0 bridgehead atoms. The topological polar surface area (TPSA) is 38.3 Å². The van der Waals surface area contributed by atoms with Crippen molar-refractivity contribution in [3.05, 3.63) is 0 Å². The van der Waals surface area contributed by atoms with Crippen LogP contribution in [0.25, 0.3) is 0 Å². The first-order valence-corrected chi connectivity index (χ1v) is 4.88. The highest BCUT2D eigenvalue weighted by Crippen LogP contribution is 2.14. The van der Waals surface area contributed by atoms with Gasteiger partial charge in [0.25, 0.3) is 0 Å². The molecule has 0 aromatic rings. The van der Waals surface area contributed by atoms with E-state index in [1.807, 2.05) is 0 Å². The predicted molar refractivity (Wildman–Crippen MR) is 51.4 cm³/mol. The van der Waals surface area contributed by atoms with Crippen molar-refractivity contribution < 1.29 is 9.53 Å². The maximum atomic E-state index is 11.5. The van der Waals surface area contributed by atoms with Gasteiger partial charge in [-0.2, -0.15) is 0 Å². The number of hydrogen-bond acceptors (Lipinski definition) is 2. The number of carbonyl (C=O) groups excluding carboxylic acids is 1. The van der Waals surface area contributed by atoms with Crippen LogP contribution in [0, 0.1) is 5.41 Å². The van der Waals surface area contributed by atoms with Crippen molar-refractivity contribution in [3.8, 4) is 0 Å². The molecule has 13 heavy (non-hydrogen) atoms. The second kappa shape index (κ2) is 4.09. The Kier molecular flexibility index (Phi) is 3.31. The molecule has 0 aliphatic carbocycles. The maximum absolute atomic E-state index is 11.5. The minimum absolute atomic E-state index is 0.0485. The molecule has 1 saturated heterocycles. The number of amides is 1. The van der Waals surface area contributed by atoms with Crippen LogP contribution in [-0.2, 0) is 9.53 Å². The summed E-state index contributed by atoms with van der Waals surface area (Å²) in [4.78, 5) is 11.5. The summed E-state index contributed by atoms with van der Waals surface area (Å²) >= 11 is 0. The van der Waals surface area contributed by atoms with E-state index in [0.717, 1.165) is 19.4 Å². The molecule has 0 aromatic carbocycles. The lowest BCUT2D eigenvalue weighted by atomic mass is 9.97. The molecule has 1 N–H and O–H groups in total. The lowest BCUT2D eigenvalue weighted by Gasteiger charge is -2.20. The Morgan fingerprint density at radius 3 is 2.69 bits per heavy atom. The highest BCUT2D eigenvalue weighted by molar-refractivity contribution is 5.80. The molecule has 1 heterocycles. The van der Waals surface area contributed by atoms with Crippen molar-refractivity contribution in [1.82, 2.24) is 5.32 Å². The first kappa shape index (κ1) is 10.5. The Morgan fingerprint density at radius 2 is 2.23 bits per heavy atom. The third-order valence-electron chi connectivity index (χ3n) is 2.02. The predicted octanol–water partition coefficient (Wildman–Crippen LogP) is 1.33. The molecule has 1 aliphatic rings. The molecule has 0 aromatic heterocycles. The van der Waals surface area contributed by atoms with Crippen molar-refractivity contribution in [1.29, 1.82) is 0 Å². The fraction of sp³-hybridized carbons (Fsp3) is 0.900. The van der Waals surface area contributed by atoms with Crippen LogP contribution in [0.2, 0.25) is 0 Å². The first-order chi connectivity index (χ1) is 5.99. The van der Waals surface area contributed by atoms with E-state index in [1.165, 1.54) is 0 Å². The van der Waals surface area contributed by atoms with E-state index in [9.17, 15) is 4.79 Å². The smallest absolute Gasteiger partial charge is 0.249 e. The molecule has 1 aliphatic heterocycles. The minimum atomic E-state index is -0.192. The fourth-order valence-electron chi connectivity index (χ4n) is 1.25. The molecular formula is C10H19NO2. The molecule has 1 atom stereocenters. The zero-order valence-electron chi connectivity index (χ0n) is 8.72. The van der Waals surface area contributed by atoms with E-state index >= 15 is 0 Å². The van der Waals surface area contributed by atoms with Crippen LogP contribution in [-0.4, -0.2) is 25.2 Å². The Hall–Kier alpha value is -0.570. The van der Waals surface area contributed by atoms with Crippen LogP contribution in [0.5, 0.6) is 0 Å². The summed E-state index contributed by atoms with van der Waals surface area (Å²) < 4.78 is 5.27. The molecule has 0 saturated carbocycles. The SMILES string of the molecule is CC(C)(C)CNC(=O)C1CCCO1. The van der Waals surface area contributed by atoms with Crippen LogP contribution < -0.4 is 5.32 Å². The van der Waals surface area contributed by atoms with Gasteiger partial charge in [-0.3, -0.25) is 4.79 Å². The van der Waals surface area contributed by atoms with Gasteiger partial charge in [0.15, 0.2) is 0 Å². The second-order valence-corrected chi connectivity index (χ2v) is 4.78. The average Bonchev–Trinajstić information content (AvgIpc) is 2.50. The van der Waals surface area contributed by atoms with Gasteiger partial charge >= 0.3 is 0 Å². The summed E-state index contributed by atoms with van der Waals surface area (Å²) in [7, 11) is 0. The van der Waals surface area contributed by atoms with Crippen LogP contribution in [0.1, 0.15) is 33.6 Å². The van der Waals surface area contributed by atoms with Crippen molar-refractivity contribution in [2.75, 3.05) is 13.2 Å². The van der Waals surface area contributed by atoms with Gasteiger partial charge in [0, 0.05) is 13.2 Å². The maximum Gasteiger partial charge on any atom is 0.249 e. The van der Waals surface area contributed by atoms with Crippen LogP contribution in [0.15, 0.2) is 0 Å². The Morgan fingerprint density at radius 1 is 1.54 bits per heavy atom. The summed E-state index contributed by atoms with van der Waals surface area (Å²) in [6, 6.07) is 0. The highest BCUT2D eigenvalue weighted by Gasteiger charge is 2.24. The largest absolute Gasteiger partial charge is 0.368 e. The first-order valence-electron chi connectivity index (χ1n) is 4.88. The van der Waals surface area contributed by atoms with Gasteiger partial charge in [-0.25, -0.2) is 0 Å². The zero-order valence-corrected chi connectivity index (χ0v) is 8.72. The molecule has 0 radical (unpaired) electrons. The third kappa shape index (κ3) is 3.77. The fourth-order valence-corrected chi connectivity index (χ4v) is 1.25. The van der Waals surface area contributed by atoms with Gasteiger partial charge in [-0.05, 0) is 18.3 Å². The molecular weight excluding hydrogens is 166 g/mol. The number of nitrogens with one attached hydrogen (secondary N) is 1. The standard InChI is InChI=1S/C10H19NO2/c1-10(2,3)7-11-9(12)8-5-4-6-13-8/h8H,4-7H2,1-3H3,(H,11,12). The summed E-state index contributed by atoms with van der Waals surface area (Å²) in [5.41, 5.74) is 0.147. The van der Waals surface area contributed by atoms with Crippen LogP contribution >= 0.6 is 0 Å². The lowest BCUT2D eigenvalue weighted by molar-refractivity contribution is -0.130. The molecule has 1 rings (SSSR count). The Bertz CT molecular complexity index is 178. The molecule has 3 nitrogen and oxygen atoms in total. The van der Waals surface area contributed by atoms with Gasteiger partial charge in [0.05, 0.1) is 0 Å². The molecule has 1 amide bonds. The van der Waals surface area contributed by atoms with Crippen LogP contribution in [0.4, 0.5) is 0 Å². The Labute approximate surface area is 79.8 Å². The number of hydrogen-bond donors (Lipinski definition) is 1. The molecule has 3 heteroatoms. The lowest BCUT2D eigenvalue weighted by Crippen LogP contribution is -2.38. The van der Waals surface area contributed by atoms with Crippen molar-refractivity contribution in [3.63, 3.8) is 0 Å². The van der Waals surface area contributed by atoms with Crippen LogP contribution in [0.3, 0.4) is 0 Å². The quantitative estimate of drug-likeness (QED) is 0.704. The van der Waals surface area contributed by atoms with Crippen molar-refractivity contribution >= 4 is 5.91 Å². The highest BCUT2D eigenvalue weighted by atomic mass is 16.5. The zero-order chi connectivity index (χ0) is 9.90. The van der Waals surface area contributed by atoms with E-state index in [1.54, 1.807) is 0 Å². The normalized spacial score (nSPS) is 23.2. The van der Waals surface area contributed by atoms with E-state index in [0.29, 0.717) is 6.54 Å². The summed E-state index contributed by atoms with van der Waals surface area (Å²) in [6.45, 7) is 7.74. The number of carbonyl (C=O) groups is 1. The third-order valence-corrected chi connectivity index (χ3v) is 2.02. The van der Waals surface area contributed by atoms with E-state index in [-0.39, 0.29) is 17.4 Å². The Balaban J connectivity index is 2.25. The summed E-state index contributed by atoms with van der Waals surface area (Å²) in [5, 5.41) is 2.90. The monoisotopic (exact) mass is 185 g/mol. The molecule has 1 fully saturated rings. The van der Waals surface area contributed by atoms with Gasteiger partial charge in [0.1, 0.15) is 6.10 Å².